The van der Waals surface area contributed by atoms with Crippen LogP contribution >= 0.6 is 0 Å². The van der Waals surface area contributed by atoms with E-state index in [0.29, 0.717) is 31.2 Å². The number of hydrogen-bond donors (Lipinski definition) is 0. The molecule has 0 spiro atoms. The van der Waals surface area contributed by atoms with Crippen LogP contribution in [-0.2, 0) is 41.1 Å². The van der Waals surface area contributed by atoms with Gasteiger partial charge in [0.05, 0.1) is 50.6 Å². The van der Waals surface area contributed by atoms with Gasteiger partial charge in [-0.15, -0.1) is 0 Å². The Balaban J connectivity index is 2.07. The van der Waals surface area contributed by atoms with Gasteiger partial charge in [-0.3, -0.25) is 9.59 Å². The molecule has 10 nitrogen and oxygen atoms in total. The largest absolute Gasteiger partial charge is 0.465 e. The van der Waals surface area contributed by atoms with Gasteiger partial charge in [0.2, 0.25) is 11.8 Å². The van der Waals surface area contributed by atoms with Crippen molar-refractivity contribution in [2.24, 2.45) is 11.8 Å². The summed E-state index contributed by atoms with van der Waals surface area (Å²) >= 11 is 0. The van der Waals surface area contributed by atoms with Crippen LogP contribution in [0, 0.1) is 17.7 Å². The van der Waals surface area contributed by atoms with Gasteiger partial charge in [-0.2, -0.15) is 13.2 Å². The van der Waals surface area contributed by atoms with Crippen molar-refractivity contribution in [3.63, 3.8) is 0 Å². The molecule has 0 N–H and O–H groups in total. The molecular formula is C33H42F4N2O8. The van der Waals surface area contributed by atoms with E-state index in [1.807, 2.05) is 6.92 Å². The second kappa shape index (κ2) is 17.4. The van der Waals surface area contributed by atoms with Crippen LogP contribution in [0.3, 0.4) is 0 Å². The lowest BCUT2D eigenvalue weighted by molar-refractivity contribution is -0.143. The number of unbranched alkanes of at least 4 members (excludes halogenated alkanes) is 1. The second-order valence-electron chi connectivity index (χ2n) is 11.6. The van der Waals surface area contributed by atoms with Crippen LogP contribution in [-0.4, -0.2) is 70.0 Å². The normalized spacial score (nSPS) is 16.6. The quantitative estimate of drug-likeness (QED) is 0.119. The summed E-state index contributed by atoms with van der Waals surface area (Å²) in [5.74, 6) is -5.04. The predicted molar refractivity (Wildman–Crippen MR) is 163 cm³/mol. The van der Waals surface area contributed by atoms with E-state index in [1.165, 1.54) is 19.1 Å². The number of rotatable bonds is 15. The second-order valence-corrected chi connectivity index (χ2v) is 11.6. The van der Waals surface area contributed by atoms with Crippen molar-refractivity contribution in [1.29, 1.82) is 0 Å². The van der Waals surface area contributed by atoms with Gasteiger partial charge in [0.25, 0.3) is 0 Å². The Morgan fingerprint density at radius 3 is 2.26 bits per heavy atom. The molecule has 1 aliphatic carbocycles. The molecule has 14 heteroatoms. The van der Waals surface area contributed by atoms with Crippen molar-refractivity contribution in [3.8, 4) is 11.6 Å². The lowest BCUT2D eigenvalue weighted by Gasteiger charge is -2.36. The molecule has 47 heavy (non-hydrogen) atoms. The van der Waals surface area contributed by atoms with Crippen LogP contribution < -0.4 is 9.64 Å². The summed E-state index contributed by atoms with van der Waals surface area (Å²) in [6.07, 6.45) is -0.327. The number of carbonyl (C=O) groups excluding carboxylic acids is 3. The van der Waals surface area contributed by atoms with Gasteiger partial charge in [-0.25, -0.2) is 14.2 Å². The summed E-state index contributed by atoms with van der Waals surface area (Å²) in [5, 5.41) is 0. The summed E-state index contributed by atoms with van der Waals surface area (Å²) < 4.78 is 84.0. The van der Waals surface area contributed by atoms with E-state index in [1.54, 1.807) is 0 Å². The fourth-order valence-corrected chi connectivity index (χ4v) is 5.40. The first-order valence-corrected chi connectivity index (χ1v) is 15.5. The number of ether oxygens (including phenoxy) is 5. The van der Waals surface area contributed by atoms with Crippen LogP contribution in [0.1, 0.15) is 73.9 Å². The molecule has 0 saturated heterocycles. The Hall–Kier alpha value is -3.78. The van der Waals surface area contributed by atoms with Crippen LogP contribution in [0.2, 0.25) is 0 Å². The third-order valence-electron chi connectivity index (χ3n) is 7.93. The Labute approximate surface area is 271 Å². The monoisotopic (exact) mass is 670 g/mol. The van der Waals surface area contributed by atoms with Gasteiger partial charge < -0.3 is 28.6 Å². The van der Waals surface area contributed by atoms with Crippen molar-refractivity contribution in [2.45, 2.75) is 71.0 Å². The van der Waals surface area contributed by atoms with Crippen LogP contribution in [0.4, 0.5) is 23.2 Å². The summed E-state index contributed by atoms with van der Waals surface area (Å²) in [6, 6.07) is 1.60. The third-order valence-corrected chi connectivity index (χ3v) is 7.93. The molecule has 1 aliphatic rings. The average molecular weight is 671 g/mol. The lowest BCUT2D eigenvalue weighted by Crippen LogP contribution is -2.49. The maximum Gasteiger partial charge on any atom is 0.421 e. The first-order valence-electron chi connectivity index (χ1n) is 15.5. The number of methoxy groups -OCH3 is 3. The Morgan fingerprint density at radius 1 is 1.02 bits per heavy atom. The highest BCUT2D eigenvalue weighted by Gasteiger charge is 2.38. The maximum absolute atomic E-state index is 15.8. The molecule has 1 aromatic heterocycles. The zero-order valence-corrected chi connectivity index (χ0v) is 27.3. The number of hydrogen-bond acceptors (Lipinski definition) is 9. The van der Waals surface area contributed by atoms with Crippen molar-refractivity contribution in [2.75, 3.05) is 46.0 Å². The Bertz CT molecular complexity index is 1370. The van der Waals surface area contributed by atoms with E-state index in [2.05, 4.69) is 11.9 Å². The number of nitrogens with zero attached hydrogens (tertiary/aromatic N) is 2. The fourth-order valence-electron chi connectivity index (χ4n) is 5.40. The minimum absolute atomic E-state index is 0.0272. The summed E-state index contributed by atoms with van der Waals surface area (Å²) in [4.78, 5) is 44.1. The highest BCUT2D eigenvalue weighted by Crippen LogP contribution is 2.40. The van der Waals surface area contributed by atoms with E-state index in [9.17, 15) is 27.6 Å². The molecule has 1 aromatic carbocycles. The Kier molecular flexibility index (Phi) is 13.9. The van der Waals surface area contributed by atoms with Crippen LogP contribution in [0.15, 0.2) is 24.4 Å². The van der Waals surface area contributed by atoms with Crippen molar-refractivity contribution in [1.82, 2.24) is 4.98 Å². The number of alkyl halides is 3. The zero-order valence-electron chi connectivity index (χ0n) is 27.3. The number of halogens is 4. The third kappa shape index (κ3) is 10.1. The van der Waals surface area contributed by atoms with Crippen LogP contribution in [0.5, 0.6) is 11.6 Å². The van der Waals surface area contributed by atoms with E-state index >= 15 is 4.39 Å². The van der Waals surface area contributed by atoms with E-state index in [0.717, 1.165) is 44.7 Å². The highest BCUT2D eigenvalue weighted by atomic mass is 19.4. The van der Waals surface area contributed by atoms with E-state index in [4.69, 9.17) is 23.7 Å². The molecular weight excluding hydrogens is 628 g/mol. The van der Waals surface area contributed by atoms with Gasteiger partial charge in [-0.1, -0.05) is 20.3 Å². The number of aromatic nitrogens is 1. The molecule has 0 radical (unpaired) electrons. The zero-order chi connectivity index (χ0) is 34.7. The average Bonchev–Trinajstić information content (AvgIpc) is 3.02. The van der Waals surface area contributed by atoms with Crippen molar-refractivity contribution >= 4 is 23.5 Å². The van der Waals surface area contributed by atoms with Gasteiger partial charge in [0.1, 0.15) is 5.56 Å². The van der Waals surface area contributed by atoms with Gasteiger partial charge >= 0.3 is 18.1 Å². The predicted octanol–water partition coefficient (Wildman–Crippen LogP) is 6.52. The summed E-state index contributed by atoms with van der Waals surface area (Å²) in [6.45, 7) is 4.06. The number of esters is 2. The summed E-state index contributed by atoms with van der Waals surface area (Å²) in [5.41, 5.74) is -1.97. The number of carbonyl (C=O) groups is 3. The standard InChI is InChI=1S/C33H42F4N2O8/c1-6-7-12-46-29(40)14-21-13-25(33(35,36)37)30(38-17-21)47-28-15-24(32(42)45-5)27(16-26(28)34)39(23(18-43-3)19-44-4)31(41)22-10-8-20(2)9-11-22/h13,15-17,20,22-23H,6-12,14,18-19H2,1-5H3/t20-,22-. The van der Waals surface area contributed by atoms with Crippen LogP contribution in [0.25, 0.3) is 0 Å². The van der Waals surface area contributed by atoms with E-state index in [-0.39, 0.29) is 42.5 Å². The maximum atomic E-state index is 15.8. The smallest absolute Gasteiger partial charge is 0.421 e. The lowest BCUT2D eigenvalue weighted by atomic mass is 9.82. The molecule has 1 fully saturated rings. The minimum atomic E-state index is -5.00. The van der Waals surface area contributed by atoms with E-state index < -0.39 is 59.5 Å². The van der Waals surface area contributed by atoms with Crippen molar-refractivity contribution in [3.05, 3.63) is 46.9 Å². The molecule has 1 heterocycles. The van der Waals surface area contributed by atoms with Gasteiger partial charge in [0, 0.05) is 38.5 Å². The molecule has 260 valence electrons. The molecule has 0 aliphatic heterocycles. The highest BCUT2D eigenvalue weighted by molar-refractivity contribution is 6.04. The minimum Gasteiger partial charge on any atom is -0.465 e. The number of anilines is 1. The molecule has 3 rings (SSSR count). The van der Waals surface area contributed by atoms with Crippen molar-refractivity contribution < 1.29 is 55.6 Å². The molecule has 2 aromatic rings. The molecule has 1 amide bonds. The number of amides is 1. The SMILES string of the molecule is CCCCOC(=O)Cc1cnc(Oc2cc(C(=O)OC)c(N(C(=O)[C@H]3CC[C@H](C)CC3)C(COC)COC)cc2F)c(C(F)(F)F)c1. The Morgan fingerprint density at radius 2 is 1.68 bits per heavy atom. The van der Waals surface area contributed by atoms with Gasteiger partial charge in [0.15, 0.2) is 11.6 Å². The number of benzene rings is 1. The molecule has 0 unspecified atom stereocenters. The molecule has 0 atom stereocenters. The van der Waals surface area contributed by atoms with Gasteiger partial charge in [-0.05, 0) is 49.7 Å². The fraction of sp³-hybridized carbons (Fsp3) is 0.576. The molecule has 0 bridgehead atoms. The first kappa shape index (κ1) is 37.7. The molecule has 1 saturated carbocycles. The number of pyridine rings is 1. The topological polar surface area (TPSA) is 113 Å². The first-order chi connectivity index (χ1) is 22.3. The summed E-state index contributed by atoms with van der Waals surface area (Å²) in [7, 11) is 3.90.